The first-order valence-electron chi connectivity index (χ1n) is 5.72. The standard InChI is InChI=1S/C12H17Br2FS/c1-3-5-6-8(4-2)7-9-10(15)12(14)16-11(9)13/h8H,3-7H2,1-2H3. The molecule has 0 aliphatic rings. The fraction of sp³-hybridized carbons (Fsp3) is 0.667. The summed E-state index contributed by atoms with van der Waals surface area (Å²) in [6.45, 7) is 4.39. The second-order valence-corrected chi connectivity index (χ2v) is 7.72. The molecule has 1 unspecified atom stereocenters. The van der Waals surface area contributed by atoms with Crippen LogP contribution in [0.1, 0.15) is 45.1 Å². The zero-order valence-corrected chi connectivity index (χ0v) is 13.6. The lowest BCUT2D eigenvalue weighted by Gasteiger charge is -2.13. The van der Waals surface area contributed by atoms with Crippen LogP contribution in [0.3, 0.4) is 0 Å². The Morgan fingerprint density at radius 3 is 2.38 bits per heavy atom. The molecule has 0 N–H and O–H groups in total. The van der Waals surface area contributed by atoms with Gasteiger partial charge in [-0.1, -0.05) is 39.5 Å². The van der Waals surface area contributed by atoms with Crippen molar-refractivity contribution in [1.82, 2.24) is 0 Å². The molecular weight excluding hydrogens is 355 g/mol. The highest BCUT2D eigenvalue weighted by Gasteiger charge is 2.18. The van der Waals surface area contributed by atoms with Gasteiger partial charge in [0.2, 0.25) is 0 Å². The van der Waals surface area contributed by atoms with Crippen LogP contribution in [-0.2, 0) is 6.42 Å². The van der Waals surface area contributed by atoms with Crippen LogP contribution in [0.5, 0.6) is 0 Å². The largest absolute Gasteiger partial charge is 0.204 e. The summed E-state index contributed by atoms with van der Waals surface area (Å²) in [6.07, 6.45) is 5.63. The van der Waals surface area contributed by atoms with Crippen LogP contribution < -0.4 is 0 Å². The Balaban J connectivity index is 2.69. The van der Waals surface area contributed by atoms with Crippen molar-refractivity contribution in [2.24, 2.45) is 5.92 Å². The summed E-state index contributed by atoms with van der Waals surface area (Å²) in [7, 11) is 0. The third-order valence-corrected chi connectivity index (χ3v) is 5.47. The lowest BCUT2D eigenvalue weighted by molar-refractivity contribution is 0.440. The minimum absolute atomic E-state index is 0.0770. The average Bonchev–Trinajstić information content (AvgIpc) is 2.50. The van der Waals surface area contributed by atoms with Gasteiger partial charge in [-0.15, -0.1) is 11.3 Å². The van der Waals surface area contributed by atoms with Crippen molar-refractivity contribution in [2.45, 2.75) is 46.0 Å². The van der Waals surface area contributed by atoms with Crippen molar-refractivity contribution < 1.29 is 4.39 Å². The average molecular weight is 372 g/mol. The fourth-order valence-electron chi connectivity index (χ4n) is 1.79. The molecule has 0 saturated heterocycles. The minimum atomic E-state index is -0.0770. The topological polar surface area (TPSA) is 0 Å². The second-order valence-electron chi connectivity index (χ2n) is 4.06. The van der Waals surface area contributed by atoms with Crippen molar-refractivity contribution in [3.05, 3.63) is 19.0 Å². The van der Waals surface area contributed by atoms with Crippen molar-refractivity contribution >= 4 is 43.2 Å². The van der Waals surface area contributed by atoms with Gasteiger partial charge in [0.15, 0.2) is 5.82 Å². The third-order valence-electron chi connectivity index (χ3n) is 2.89. The molecule has 1 rings (SSSR count). The van der Waals surface area contributed by atoms with Crippen LogP contribution in [-0.4, -0.2) is 0 Å². The molecule has 1 aromatic heterocycles. The van der Waals surface area contributed by atoms with E-state index in [-0.39, 0.29) is 5.82 Å². The summed E-state index contributed by atoms with van der Waals surface area (Å²) < 4.78 is 15.3. The zero-order chi connectivity index (χ0) is 12.1. The predicted octanol–water partition coefficient (Wildman–Crippen LogP) is 6.17. The van der Waals surface area contributed by atoms with E-state index in [9.17, 15) is 4.39 Å². The molecule has 0 fully saturated rings. The molecule has 92 valence electrons. The first-order chi connectivity index (χ1) is 7.60. The first kappa shape index (κ1) is 14.7. The maximum absolute atomic E-state index is 13.8. The molecule has 0 spiro atoms. The van der Waals surface area contributed by atoms with Crippen LogP contribution in [0.25, 0.3) is 0 Å². The number of hydrogen-bond acceptors (Lipinski definition) is 1. The van der Waals surface area contributed by atoms with Crippen molar-refractivity contribution in [1.29, 1.82) is 0 Å². The van der Waals surface area contributed by atoms with Gasteiger partial charge in [-0.2, -0.15) is 0 Å². The summed E-state index contributed by atoms with van der Waals surface area (Å²) in [5, 5.41) is 0. The summed E-state index contributed by atoms with van der Waals surface area (Å²) in [5.74, 6) is 0.527. The molecule has 0 aliphatic heterocycles. The highest BCUT2D eigenvalue weighted by molar-refractivity contribution is 9.12. The quantitative estimate of drug-likeness (QED) is 0.560. The molecule has 0 bridgehead atoms. The zero-order valence-electron chi connectivity index (χ0n) is 9.66. The van der Waals surface area contributed by atoms with Crippen molar-refractivity contribution in [3.8, 4) is 0 Å². The number of hydrogen-bond donors (Lipinski definition) is 0. The van der Waals surface area contributed by atoms with Gasteiger partial charge in [-0.05, 0) is 44.2 Å². The molecule has 1 atom stereocenters. The molecule has 4 heteroatoms. The Morgan fingerprint density at radius 1 is 1.25 bits per heavy atom. The molecule has 1 heterocycles. The van der Waals surface area contributed by atoms with E-state index < -0.39 is 0 Å². The van der Waals surface area contributed by atoms with Crippen LogP contribution >= 0.6 is 43.2 Å². The molecule has 0 aliphatic carbocycles. The van der Waals surface area contributed by atoms with Gasteiger partial charge in [-0.25, -0.2) is 4.39 Å². The fourth-order valence-corrected chi connectivity index (χ4v) is 4.66. The Labute approximate surface area is 118 Å². The maximum atomic E-state index is 13.8. The van der Waals surface area contributed by atoms with Crippen molar-refractivity contribution in [2.75, 3.05) is 0 Å². The van der Waals surface area contributed by atoms with E-state index in [4.69, 9.17) is 0 Å². The molecule has 16 heavy (non-hydrogen) atoms. The van der Waals surface area contributed by atoms with E-state index in [1.165, 1.54) is 30.6 Å². The van der Waals surface area contributed by atoms with E-state index in [1.807, 2.05) is 0 Å². The normalized spacial score (nSPS) is 13.1. The molecule has 0 radical (unpaired) electrons. The summed E-state index contributed by atoms with van der Waals surface area (Å²) in [4.78, 5) is 0. The Hall–Kier alpha value is 0.590. The van der Waals surface area contributed by atoms with Gasteiger partial charge in [0.1, 0.15) is 3.79 Å². The van der Waals surface area contributed by atoms with Gasteiger partial charge in [0, 0.05) is 5.56 Å². The number of halogens is 3. The summed E-state index contributed by atoms with van der Waals surface area (Å²) in [5.41, 5.74) is 0.847. The SMILES string of the molecule is CCCCC(CC)Cc1c(Br)sc(Br)c1F. The van der Waals surface area contributed by atoms with Crippen molar-refractivity contribution in [3.63, 3.8) is 0 Å². The lowest BCUT2D eigenvalue weighted by atomic mass is 9.93. The van der Waals surface area contributed by atoms with Gasteiger partial charge in [0.05, 0.1) is 3.79 Å². The van der Waals surface area contributed by atoms with E-state index >= 15 is 0 Å². The Morgan fingerprint density at radius 2 is 1.94 bits per heavy atom. The lowest BCUT2D eigenvalue weighted by Crippen LogP contribution is -2.04. The van der Waals surface area contributed by atoms with Gasteiger partial charge in [0.25, 0.3) is 0 Å². The summed E-state index contributed by atoms with van der Waals surface area (Å²) >= 11 is 8.12. The number of rotatable bonds is 6. The molecular formula is C12H17Br2FS. The highest BCUT2D eigenvalue weighted by atomic mass is 79.9. The van der Waals surface area contributed by atoms with Crippen LogP contribution in [0, 0.1) is 11.7 Å². The first-order valence-corrected chi connectivity index (χ1v) is 8.12. The van der Waals surface area contributed by atoms with Crippen LogP contribution in [0.4, 0.5) is 4.39 Å². The Kier molecular flexibility index (Phi) is 6.52. The molecule has 0 nitrogen and oxygen atoms in total. The highest BCUT2D eigenvalue weighted by Crippen LogP contribution is 2.37. The Bertz CT molecular complexity index is 336. The van der Waals surface area contributed by atoms with Crippen LogP contribution in [0.15, 0.2) is 7.57 Å². The van der Waals surface area contributed by atoms with E-state index in [2.05, 4.69) is 45.7 Å². The van der Waals surface area contributed by atoms with E-state index in [0.717, 1.165) is 22.2 Å². The van der Waals surface area contributed by atoms with Crippen LogP contribution in [0.2, 0.25) is 0 Å². The monoisotopic (exact) mass is 370 g/mol. The second kappa shape index (κ2) is 7.12. The minimum Gasteiger partial charge on any atom is -0.204 e. The third kappa shape index (κ3) is 3.81. The van der Waals surface area contributed by atoms with E-state index in [0.29, 0.717) is 9.70 Å². The van der Waals surface area contributed by atoms with E-state index in [1.54, 1.807) is 0 Å². The predicted molar refractivity (Wildman–Crippen MR) is 76.7 cm³/mol. The molecule has 0 saturated carbocycles. The molecule has 0 aromatic carbocycles. The van der Waals surface area contributed by atoms with Gasteiger partial charge >= 0.3 is 0 Å². The van der Waals surface area contributed by atoms with Gasteiger partial charge in [-0.3, -0.25) is 0 Å². The molecule has 1 aromatic rings. The maximum Gasteiger partial charge on any atom is 0.152 e. The molecule has 0 amide bonds. The van der Waals surface area contributed by atoms with Gasteiger partial charge < -0.3 is 0 Å². The summed E-state index contributed by atoms with van der Waals surface area (Å²) in [6, 6.07) is 0. The smallest absolute Gasteiger partial charge is 0.152 e. The number of unbranched alkanes of at least 4 members (excludes halogenated alkanes) is 1. The number of thiophene rings is 1.